The maximum Gasteiger partial charge on any atom is 0.161 e. The fourth-order valence-corrected chi connectivity index (χ4v) is 2.62. The molecule has 0 radical (unpaired) electrons. The SMILES string of the molecule is COc1ccc(CSc2ccc(C=O)cc2)cc1OC. The van der Waals surface area contributed by atoms with Crippen LogP contribution < -0.4 is 9.47 Å². The van der Waals surface area contributed by atoms with Crippen molar-refractivity contribution in [3.05, 3.63) is 53.6 Å². The molecule has 0 saturated heterocycles. The minimum atomic E-state index is 0.695. The highest BCUT2D eigenvalue weighted by Crippen LogP contribution is 2.30. The number of aldehydes is 1. The minimum absolute atomic E-state index is 0.695. The molecule has 3 nitrogen and oxygen atoms in total. The van der Waals surface area contributed by atoms with E-state index in [0.29, 0.717) is 5.56 Å². The summed E-state index contributed by atoms with van der Waals surface area (Å²) < 4.78 is 10.5. The Morgan fingerprint density at radius 3 is 2.30 bits per heavy atom. The van der Waals surface area contributed by atoms with Gasteiger partial charge in [-0.3, -0.25) is 4.79 Å². The van der Waals surface area contributed by atoms with Crippen molar-refractivity contribution in [1.29, 1.82) is 0 Å². The van der Waals surface area contributed by atoms with Gasteiger partial charge >= 0.3 is 0 Å². The lowest BCUT2D eigenvalue weighted by Crippen LogP contribution is -1.91. The molecule has 0 amide bonds. The number of hydrogen-bond acceptors (Lipinski definition) is 4. The van der Waals surface area contributed by atoms with Gasteiger partial charge in [-0.2, -0.15) is 0 Å². The second-order valence-corrected chi connectivity index (χ2v) is 5.21. The number of carbonyl (C=O) groups excluding carboxylic acids is 1. The van der Waals surface area contributed by atoms with Gasteiger partial charge in [0, 0.05) is 16.2 Å². The van der Waals surface area contributed by atoms with Crippen molar-refractivity contribution in [2.45, 2.75) is 10.6 Å². The fourth-order valence-electron chi connectivity index (χ4n) is 1.78. The molecular formula is C16H16O3S. The van der Waals surface area contributed by atoms with Crippen LogP contribution in [-0.2, 0) is 5.75 Å². The summed E-state index contributed by atoms with van der Waals surface area (Å²) in [4.78, 5) is 11.7. The van der Waals surface area contributed by atoms with E-state index in [-0.39, 0.29) is 0 Å². The number of ether oxygens (including phenoxy) is 2. The van der Waals surface area contributed by atoms with Crippen LogP contribution in [0.3, 0.4) is 0 Å². The summed E-state index contributed by atoms with van der Waals surface area (Å²) in [5, 5.41) is 0. The molecule has 2 aromatic carbocycles. The molecule has 0 bridgehead atoms. The number of methoxy groups -OCH3 is 2. The number of carbonyl (C=O) groups is 1. The van der Waals surface area contributed by atoms with Crippen LogP contribution in [-0.4, -0.2) is 20.5 Å². The molecule has 20 heavy (non-hydrogen) atoms. The maximum atomic E-state index is 10.6. The highest BCUT2D eigenvalue weighted by Gasteiger charge is 2.05. The van der Waals surface area contributed by atoms with E-state index in [2.05, 4.69) is 0 Å². The summed E-state index contributed by atoms with van der Waals surface area (Å²) >= 11 is 1.71. The molecule has 2 aromatic rings. The first-order chi connectivity index (χ1) is 9.76. The molecule has 0 aliphatic rings. The third kappa shape index (κ3) is 3.54. The Bertz CT molecular complexity index is 579. The van der Waals surface area contributed by atoms with Crippen LogP contribution in [0.4, 0.5) is 0 Å². The molecule has 0 saturated carbocycles. The lowest BCUT2D eigenvalue weighted by Gasteiger charge is -2.09. The van der Waals surface area contributed by atoms with E-state index in [0.717, 1.165) is 34.0 Å². The highest BCUT2D eigenvalue weighted by molar-refractivity contribution is 7.98. The molecule has 2 rings (SSSR count). The fraction of sp³-hybridized carbons (Fsp3) is 0.188. The number of thioether (sulfide) groups is 1. The maximum absolute atomic E-state index is 10.6. The van der Waals surface area contributed by atoms with Gasteiger partial charge in [0.05, 0.1) is 14.2 Å². The van der Waals surface area contributed by atoms with Crippen LogP contribution in [0.1, 0.15) is 15.9 Å². The van der Waals surface area contributed by atoms with Crippen LogP contribution in [0.2, 0.25) is 0 Å². The van der Waals surface area contributed by atoms with Gasteiger partial charge in [0.1, 0.15) is 6.29 Å². The van der Waals surface area contributed by atoms with Crippen LogP contribution >= 0.6 is 11.8 Å². The van der Waals surface area contributed by atoms with E-state index in [1.807, 2.05) is 42.5 Å². The van der Waals surface area contributed by atoms with Crippen molar-refractivity contribution in [2.24, 2.45) is 0 Å². The van der Waals surface area contributed by atoms with E-state index in [4.69, 9.17) is 9.47 Å². The first-order valence-electron chi connectivity index (χ1n) is 6.15. The summed E-state index contributed by atoms with van der Waals surface area (Å²) in [6, 6.07) is 13.5. The quantitative estimate of drug-likeness (QED) is 0.598. The Morgan fingerprint density at radius 1 is 1.00 bits per heavy atom. The Balaban J connectivity index is 2.04. The Hall–Kier alpha value is -1.94. The molecule has 104 valence electrons. The summed E-state index contributed by atoms with van der Waals surface area (Å²) in [5.74, 6) is 2.30. The molecule has 0 atom stereocenters. The molecule has 0 unspecified atom stereocenters. The molecule has 0 aliphatic heterocycles. The van der Waals surface area contributed by atoms with Crippen molar-refractivity contribution in [3.8, 4) is 11.5 Å². The zero-order chi connectivity index (χ0) is 14.4. The zero-order valence-corrected chi connectivity index (χ0v) is 12.3. The molecule has 0 aliphatic carbocycles. The lowest BCUT2D eigenvalue weighted by molar-refractivity contribution is 0.112. The van der Waals surface area contributed by atoms with Crippen LogP contribution in [0.5, 0.6) is 11.5 Å². The van der Waals surface area contributed by atoms with E-state index in [1.165, 1.54) is 0 Å². The van der Waals surface area contributed by atoms with Gasteiger partial charge in [0.15, 0.2) is 11.5 Å². The Kier molecular flexibility index (Phi) is 5.07. The zero-order valence-electron chi connectivity index (χ0n) is 11.5. The first kappa shape index (κ1) is 14.5. The molecule has 0 aromatic heterocycles. The lowest BCUT2D eigenvalue weighted by atomic mass is 10.2. The van der Waals surface area contributed by atoms with Gasteiger partial charge < -0.3 is 9.47 Å². The monoisotopic (exact) mass is 288 g/mol. The third-order valence-corrected chi connectivity index (χ3v) is 3.95. The summed E-state index contributed by atoms with van der Waals surface area (Å²) in [6.07, 6.45) is 0.850. The van der Waals surface area contributed by atoms with Crippen molar-refractivity contribution >= 4 is 18.0 Å². The number of hydrogen-bond donors (Lipinski definition) is 0. The van der Waals surface area contributed by atoms with Gasteiger partial charge in [-0.25, -0.2) is 0 Å². The smallest absolute Gasteiger partial charge is 0.161 e. The van der Waals surface area contributed by atoms with Gasteiger partial charge in [0.2, 0.25) is 0 Å². The van der Waals surface area contributed by atoms with E-state index in [1.54, 1.807) is 26.0 Å². The minimum Gasteiger partial charge on any atom is -0.493 e. The predicted octanol–water partition coefficient (Wildman–Crippen LogP) is 3.81. The van der Waals surface area contributed by atoms with Crippen molar-refractivity contribution in [2.75, 3.05) is 14.2 Å². The van der Waals surface area contributed by atoms with Crippen LogP contribution in [0.25, 0.3) is 0 Å². The Morgan fingerprint density at radius 2 is 1.70 bits per heavy atom. The second-order valence-electron chi connectivity index (χ2n) is 4.16. The molecule has 0 fully saturated rings. The summed E-state index contributed by atoms with van der Waals surface area (Å²) in [6.45, 7) is 0. The van der Waals surface area contributed by atoms with E-state index < -0.39 is 0 Å². The van der Waals surface area contributed by atoms with Gasteiger partial charge in [0.25, 0.3) is 0 Å². The average Bonchev–Trinajstić information content (AvgIpc) is 2.53. The standard InChI is InChI=1S/C16H16O3S/c1-18-15-8-5-13(9-16(15)19-2)11-20-14-6-3-12(10-17)4-7-14/h3-10H,11H2,1-2H3. The van der Waals surface area contributed by atoms with E-state index >= 15 is 0 Å². The molecule has 4 heteroatoms. The van der Waals surface area contributed by atoms with E-state index in [9.17, 15) is 4.79 Å². The number of rotatable bonds is 6. The summed E-state index contributed by atoms with van der Waals surface area (Å²) in [5.41, 5.74) is 1.85. The van der Waals surface area contributed by atoms with Gasteiger partial charge in [-0.05, 0) is 29.8 Å². The highest BCUT2D eigenvalue weighted by atomic mass is 32.2. The molecule has 0 spiro atoms. The normalized spacial score (nSPS) is 10.1. The average molecular weight is 288 g/mol. The van der Waals surface area contributed by atoms with Gasteiger partial charge in [-0.15, -0.1) is 11.8 Å². The largest absolute Gasteiger partial charge is 0.493 e. The topological polar surface area (TPSA) is 35.5 Å². The van der Waals surface area contributed by atoms with Crippen LogP contribution in [0.15, 0.2) is 47.4 Å². The predicted molar refractivity (Wildman–Crippen MR) is 80.9 cm³/mol. The van der Waals surface area contributed by atoms with Crippen molar-refractivity contribution in [1.82, 2.24) is 0 Å². The van der Waals surface area contributed by atoms with Crippen molar-refractivity contribution < 1.29 is 14.3 Å². The molecular weight excluding hydrogens is 272 g/mol. The Labute approximate surface area is 122 Å². The number of benzene rings is 2. The second kappa shape index (κ2) is 7.01. The van der Waals surface area contributed by atoms with Crippen molar-refractivity contribution in [3.63, 3.8) is 0 Å². The van der Waals surface area contributed by atoms with Gasteiger partial charge in [-0.1, -0.05) is 18.2 Å². The molecule has 0 N–H and O–H groups in total. The third-order valence-electron chi connectivity index (χ3n) is 2.87. The first-order valence-corrected chi connectivity index (χ1v) is 7.14. The summed E-state index contributed by atoms with van der Waals surface area (Å²) in [7, 11) is 3.26. The van der Waals surface area contributed by atoms with Crippen LogP contribution in [0, 0.1) is 0 Å². The molecule has 0 heterocycles.